The minimum Gasteiger partial charge on any atom is -0.495 e. The van der Waals surface area contributed by atoms with E-state index in [-0.39, 0.29) is 5.56 Å². The van der Waals surface area contributed by atoms with Crippen LogP contribution >= 0.6 is 35.3 Å². The minimum atomic E-state index is -0.0904. The monoisotopic (exact) mass is 481 g/mol. The lowest BCUT2D eigenvalue weighted by molar-refractivity contribution is 0.411. The van der Waals surface area contributed by atoms with Gasteiger partial charge in [-0.15, -0.1) is 0 Å². The molecule has 0 aliphatic heterocycles. The molecule has 1 saturated carbocycles. The predicted octanol–water partition coefficient (Wildman–Crippen LogP) is 5.73. The predicted molar refractivity (Wildman–Crippen MR) is 134 cm³/mol. The highest BCUT2D eigenvalue weighted by Crippen LogP contribution is 2.36. The molecule has 0 bridgehead atoms. The Morgan fingerprint density at radius 2 is 1.91 bits per heavy atom. The zero-order valence-electron chi connectivity index (χ0n) is 17.7. The van der Waals surface area contributed by atoms with Gasteiger partial charge in [-0.3, -0.25) is 9.36 Å². The summed E-state index contributed by atoms with van der Waals surface area (Å²) in [6.45, 7) is 0.695. The molecule has 2 aromatic carbocycles. The van der Waals surface area contributed by atoms with E-state index >= 15 is 0 Å². The summed E-state index contributed by atoms with van der Waals surface area (Å²) in [4.78, 5) is 18.7. The number of fused-ring (bicyclic) bond motifs is 1. The topological polar surface area (TPSA) is 49.0 Å². The SMILES string of the molecule is COc1ccccc1-n1c(SCC2CC2)nc2c(sc(=S)n2CCc2ccccc2)c1=O. The van der Waals surface area contributed by atoms with Crippen molar-refractivity contribution in [1.82, 2.24) is 14.1 Å². The quantitative estimate of drug-likeness (QED) is 0.183. The van der Waals surface area contributed by atoms with Crippen LogP contribution in [0, 0.1) is 9.87 Å². The zero-order chi connectivity index (χ0) is 22.1. The van der Waals surface area contributed by atoms with Crippen molar-refractivity contribution in [3.05, 3.63) is 74.5 Å². The summed E-state index contributed by atoms with van der Waals surface area (Å²) in [7, 11) is 1.62. The highest BCUT2D eigenvalue weighted by molar-refractivity contribution is 7.99. The van der Waals surface area contributed by atoms with Crippen LogP contribution in [-0.4, -0.2) is 27.0 Å². The fourth-order valence-corrected chi connectivity index (χ4v) is 6.16. The van der Waals surface area contributed by atoms with Gasteiger partial charge in [-0.2, -0.15) is 0 Å². The maximum atomic E-state index is 13.7. The normalized spacial score (nSPS) is 13.5. The van der Waals surface area contributed by atoms with Gasteiger partial charge in [0, 0.05) is 12.3 Å². The first-order chi connectivity index (χ1) is 15.7. The van der Waals surface area contributed by atoms with Crippen LogP contribution in [0.3, 0.4) is 0 Å². The standard InChI is InChI=1S/C24H23N3O2S3/c1-29-19-10-6-5-9-18(19)27-22(28)20-21(25-23(27)31-15-17-11-12-17)26(24(30)32-20)14-13-16-7-3-2-4-8-16/h2-10,17H,11-15H2,1H3. The van der Waals surface area contributed by atoms with Gasteiger partial charge < -0.3 is 9.30 Å². The highest BCUT2D eigenvalue weighted by Gasteiger charge is 2.25. The first kappa shape index (κ1) is 21.4. The van der Waals surface area contributed by atoms with E-state index in [9.17, 15) is 4.79 Å². The molecule has 5 nitrogen and oxygen atoms in total. The molecule has 0 amide bonds. The van der Waals surface area contributed by atoms with E-state index in [0.29, 0.717) is 43.4 Å². The summed E-state index contributed by atoms with van der Waals surface area (Å²) in [6.07, 6.45) is 3.34. The van der Waals surface area contributed by atoms with Crippen LogP contribution < -0.4 is 10.3 Å². The van der Waals surface area contributed by atoms with Crippen molar-refractivity contribution < 1.29 is 4.74 Å². The van der Waals surface area contributed by atoms with Crippen molar-refractivity contribution in [2.24, 2.45) is 5.92 Å². The lowest BCUT2D eigenvalue weighted by Gasteiger charge is -2.15. The summed E-state index contributed by atoms with van der Waals surface area (Å²) in [5.74, 6) is 2.32. The van der Waals surface area contributed by atoms with E-state index in [1.165, 1.54) is 29.7 Å². The van der Waals surface area contributed by atoms with Crippen molar-refractivity contribution in [2.75, 3.05) is 12.9 Å². The van der Waals surface area contributed by atoms with Gasteiger partial charge in [0.05, 0.1) is 12.8 Å². The van der Waals surface area contributed by atoms with Gasteiger partial charge in [0.15, 0.2) is 14.8 Å². The van der Waals surface area contributed by atoms with Crippen molar-refractivity contribution in [3.8, 4) is 11.4 Å². The molecular weight excluding hydrogens is 458 g/mol. The third-order valence-electron chi connectivity index (χ3n) is 5.60. The van der Waals surface area contributed by atoms with Crippen molar-refractivity contribution in [1.29, 1.82) is 0 Å². The summed E-state index contributed by atoms with van der Waals surface area (Å²) in [5, 5.41) is 0.695. The van der Waals surface area contributed by atoms with E-state index in [1.807, 2.05) is 47.0 Å². The van der Waals surface area contributed by atoms with E-state index in [2.05, 4.69) is 12.1 Å². The Morgan fingerprint density at radius 3 is 2.66 bits per heavy atom. The fourth-order valence-electron chi connectivity index (χ4n) is 3.66. The van der Waals surface area contributed by atoms with Crippen LogP contribution in [0.4, 0.5) is 0 Å². The summed E-state index contributed by atoms with van der Waals surface area (Å²) < 4.78 is 10.5. The molecule has 0 unspecified atom stereocenters. The third-order valence-corrected chi connectivity index (χ3v) is 8.19. The molecule has 2 aromatic heterocycles. The number of benzene rings is 2. The molecule has 1 aliphatic carbocycles. The van der Waals surface area contributed by atoms with Crippen LogP contribution in [0.5, 0.6) is 5.75 Å². The first-order valence-corrected chi connectivity index (χ1v) is 12.8. The lowest BCUT2D eigenvalue weighted by atomic mass is 10.1. The van der Waals surface area contributed by atoms with Crippen molar-refractivity contribution in [3.63, 3.8) is 0 Å². The Kier molecular flexibility index (Phi) is 6.17. The van der Waals surface area contributed by atoms with Gasteiger partial charge in [0.2, 0.25) is 0 Å². The maximum absolute atomic E-state index is 13.7. The molecule has 0 N–H and O–H groups in total. The molecule has 164 valence electrons. The zero-order valence-corrected chi connectivity index (χ0v) is 20.1. The van der Waals surface area contributed by atoms with Gasteiger partial charge in [-0.25, -0.2) is 4.98 Å². The number of aryl methyl sites for hydroxylation is 2. The van der Waals surface area contributed by atoms with Crippen LogP contribution in [0.1, 0.15) is 18.4 Å². The molecule has 2 heterocycles. The second-order valence-corrected chi connectivity index (χ2v) is 10.5. The summed E-state index contributed by atoms with van der Waals surface area (Å²) in [6, 6.07) is 17.9. The molecule has 0 spiro atoms. The number of hydrogen-bond acceptors (Lipinski definition) is 6. The second-order valence-electron chi connectivity index (χ2n) is 7.87. The smallest absolute Gasteiger partial charge is 0.278 e. The van der Waals surface area contributed by atoms with Crippen LogP contribution in [0.15, 0.2) is 64.5 Å². The van der Waals surface area contributed by atoms with E-state index in [1.54, 1.807) is 23.4 Å². The molecular formula is C24H23N3O2S3. The number of nitrogens with zero attached hydrogens (tertiary/aromatic N) is 3. The van der Waals surface area contributed by atoms with Gasteiger partial charge in [0.1, 0.15) is 10.4 Å². The second kappa shape index (κ2) is 9.21. The van der Waals surface area contributed by atoms with Gasteiger partial charge in [-0.05, 0) is 55.1 Å². The number of methoxy groups -OCH3 is 1. The largest absolute Gasteiger partial charge is 0.495 e. The molecule has 1 fully saturated rings. The average Bonchev–Trinajstić information content (AvgIpc) is 3.59. The van der Waals surface area contributed by atoms with Gasteiger partial charge in [0.25, 0.3) is 5.56 Å². The first-order valence-electron chi connectivity index (χ1n) is 10.6. The number of rotatable bonds is 8. The molecule has 0 saturated heterocycles. The summed E-state index contributed by atoms with van der Waals surface area (Å²) in [5.41, 5.74) is 2.54. The van der Waals surface area contributed by atoms with Gasteiger partial charge >= 0.3 is 0 Å². The number of thioether (sulfide) groups is 1. The van der Waals surface area contributed by atoms with E-state index in [0.717, 1.165) is 12.2 Å². The number of thiazole rings is 1. The van der Waals surface area contributed by atoms with E-state index in [4.69, 9.17) is 21.9 Å². The lowest BCUT2D eigenvalue weighted by Crippen LogP contribution is -2.22. The maximum Gasteiger partial charge on any atom is 0.278 e. The molecule has 0 radical (unpaired) electrons. The molecule has 32 heavy (non-hydrogen) atoms. The highest BCUT2D eigenvalue weighted by atomic mass is 32.2. The number of hydrogen-bond donors (Lipinski definition) is 0. The summed E-state index contributed by atoms with van der Waals surface area (Å²) >= 11 is 8.64. The average molecular weight is 482 g/mol. The number of ether oxygens (including phenoxy) is 1. The third kappa shape index (κ3) is 4.27. The molecule has 4 aromatic rings. The minimum absolute atomic E-state index is 0.0904. The molecule has 1 aliphatic rings. The number of para-hydroxylation sites is 2. The molecule has 5 rings (SSSR count). The van der Waals surface area contributed by atoms with Crippen LogP contribution in [-0.2, 0) is 13.0 Å². The fraction of sp³-hybridized carbons (Fsp3) is 0.292. The van der Waals surface area contributed by atoms with Gasteiger partial charge in [-0.1, -0.05) is 65.6 Å². The Labute approximate surface area is 199 Å². The van der Waals surface area contributed by atoms with Crippen molar-refractivity contribution in [2.45, 2.75) is 31.0 Å². The Balaban J connectivity index is 1.63. The van der Waals surface area contributed by atoms with Crippen LogP contribution in [0.25, 0.3) is 16.0 Å². The Hall–Kier alpha value is -2.42. The van der Waals surface area contributed by atoms with E-state index < -0.39 is 0 Å². The Morgan fingerprint density at radius 1 is 1.16 bits per heavy atom. The molecule has 8 heteroatoms. The number of aromatic nitrogens is 3. The Bertz CT molecular complexity index is 1370. The van der Waals surface area contributed by atoms with Crippen molar-refractivity contribution >= 4 is 45.7 Å². The van der Waals surface area contributed by atoms with Crippen LogP contribution in [0.2, 0.25) is 0 Å². The molecule has 0 atom stereocenters.